The lowest BCUT2D eigenvalue weighted by Gasteiger charge is -2.20. The summed E-state index contributed by atoms with van der Waals surface area (Å²) < 4.78 is 79.1. The number of nitrogens with two attached hydrogens (primary N) is 1. The first kappa shape index (κ1) is 25.7. The largest absolute Gasteiger partial charge is 0.493 e. The summed E-state index contributed by atoms with van der Waals surface area (Å²) >= 11 is 0. The summed E-state index contributed by atoms with van der Waals surface area (Å²) in [5.41, 5.74) is 4.38. The van der Waals surface area contributed by atoms with Gasteiger partial charge in [0, 0.05) is 12.0 Å². The molecule has 188 valence electrons. The van der Waals surface area contributed by atoms with Gasteiger partial charge in [-0.05, 0) is 24.6 Å². The van der Waals surface area contributed by atoms with Crippen LogP contribution in [-0.4, -0.2) is 40.1 Å². The van der Waals surface area contributed by atoms with Gasteiger partial charge in [-0.3, -0.25) is 5.41 Å². The van der Waals surface area contributed by atoms with E-state index in [0.29, 0.717) is 6.42 Å². The number of nitrogens with one attached hydrogen (secondary N) is 1. The van der Waals surface area contributed by atoms with Crippen molar-refractivity contribution >= 4 is 5.96 Å². The molecule has 34 heavy (non-hydrogen) atoms. The fourth-order valence-electron chi connectivity index (χ4n) is 3.86. The van der Waals surface area contributed by atoms with Gasteiger partial charge >= 0.3 is 6.18 Å². The van der Waals surface area contributed by atoms with Crippen LogP contribution in [0.5, 0.6) is 5.75 Å². The normalized spacial score (nSPS) is 17.8. The van der Waals surface area contributed by atoms with Crippen molar-refractivity contribution in [3.63, 3.8) is 0 Å². The number of likely N-dealkylation sites (tertiary alicyclic amines) is 1. The van der Waals surface area contributed by atoms with Crippen molar-refractivity contribution in [3.05, 3.63) is 29.7 Å². The smallest absolute Gasteiger partial charge is 0.419 e. The van der Waals surface area contributed by atoms with Crippen LogP contribution in [0.15, 0.2) is 22.7 Å². The van der Waals surface area contributed by atoms with Gasteiger partial charge in [0.05, 0.1) is 18.7 Å². The second-order valence-corrected chi connectivity index (χ2v) is 8.37. The van der Waals surface area contributed by atoms with Gasteiger partial charge in [-0.25, -0.2) is 8.78 Å². The van der Waals surface area contributed by atoms with E-state index < -0.39 is 42.6 Å². The summed E-state index contributed by atoms with van der Waals surface area (Å²) in [5, 5.41) is 11.2. The van der Waals surface area contributed by atoms with Crippen molar-refractivity contribution < 1.29 is 31.2 Å². The Morgan fingerprint density at radius 2 is 1.94 bits per heavy atom. The summed E-state index contributed by atoms with van der Waals surface area (Å²) in [6.45, 7) is 1.49. The minimum Gasteiger partial charge on any atom is -0.493 e. The van der Waals surface area contributed by atoms with Crippen molar-refractivity contribution in [1.29, 1.82) is 5.41 Å². The lowest BCUT2D eigenvalue weighted by atomic mass is 10.1. The van der Waals surface area contributed by atoms with Gasteiger partial charge in [0.15, 0.2) is 5.96 Å². The SMILES string of the molecule is CCCCCCCCOc1ccc(-c2noc([C@@H]3CC(F)(F)CN3C(=N)N)n2)cc1C(F)(F)F. The summed E-state index contributed by atoms with van der Waals surface area (Å²) in [6, 6.07) is 2.25. The third-order valence-electron chi connectivity index (χ3n) is 5.60. The highest BCUT2D eigenvalue weighted by molar-refractivity contribution is 5.75. The number of aromatic nitrogens is 2. The Balaban J connectivity index is 1.74. The average molecular weight is 489 g/mol. The van der Waals surface area contributed by atoms with Crippen molar-refractivity contribution in [2.45, 2.75) is 70.0 Å². The van der Waals surface area contributed by atoms with Gasteiger partial charge in [-0.15, -0.1) is 0 Å². The Morgan fingerprint density at radius 1 is 1.24 bits per heavy atom. The molecule has 3 rings (SSSR count). The minimum absolute atomic E-state index is 0.00614. The molecular formula is C22H28F5N5O2. The Hall–Kier alpha value is -2.92. The van der Waals surface area contributed by atoms with E-state index in [0.717, 1.165) is 43.1 Å². The molecule has 2 aromatic rings. The predicted octanol–water partition coefficient (Wildman–Crippen LogP) is 5.77. The summed E-state index contributed by atoms with van der Waals surface area (Å²) in [5.74, 6) is -4.45. The molecule has 1 saturated heterocycles. The first-order chi connectivity index (χ1) is 16.0. The van der Waals surface area contributed by atoms with Crippen molar-refractivity contribution in [2.75, 3.05) is 13.2 Å². The number of hydrogen-bond donors (Lipinski definition) is 2. The zero-order valence-corrected chi connectivity index (χ0v) is 18.8. The molecule has 1 aliphatic rings. The number of ether oxygens (including phenoxy) is 1. The standard InChI is InChI=1S/C22H28F5N5O2/c1-2-3-4-5-6-7-10-33-17-9-8-14(11-15(17)22(25,26)27)18-30-19(34-31-18)16-12-21(23,24)13-32(16)20(28)29/h8-9,11,16H,2-7,10,12-13H2,1H3,(H3,28,29)/t16-/m0/s1. The third kappa shape index (κ3) is 6.35. The third-order valence-corrected chi connectivity index (χ3v) is 5.60. The quantitative estimate of drug-likeness (QED) is 0.190. The Morgan fingerprint density at radius 3 is 2.62 bits per heavy atom. The molecule has 0 radical (unpaired) electrons. The lowest BCUT2D eigenvalue weighted by Crippen LogP contribution is -2.37. The van der Waals surface area contributed by atoms with Crippen LogP contribution in [0, 0.1) is 5.41 Å². The van der Waals surface area contributed by atoms with Crippen LogP contribution in [0.25, 0.3) is 11.4 Å². The molecule has 7 nitrogen and oxygen atoms in total. The number of guanidine groups is 1. The molecule has 1 aromatic heterocycles. The number of halogens is 5. The second kappa shape index (κ2) is 10.6. The van der Waals surface area contributed by atoms with E-state index in [1.807, 2.05) is 0 Å². The lowest BCUT2D eigenvalue weighted by molar-refractivity contribution is -0.138. The molecule has 3 N–H and O–H groups in total. The average Bonchev–Trinajstić information content (AvgIpc) is 3.37. The highest BCUT2D eigenvalue weighted by Crippen LogP contribution is 2.41. The first-order valence-electron chi connectivity index (χ1n) is 11.2. The predicted molar refractivity (Wildman–Crippen MR) is 115 cm³/mol. The molecule has 12 heteroatoms. The molecule has 2 heterocycles. The van der Waals surface area contributed by atoms with E-state index in [1.165, 1.54) is 12.1 Å². The van der Waals surface area contributed by atoms with E-state index >= 15 is 0 Å². The summed E-state index contributed by atoms with van der Waals surface area (Å²) in [4.78, 5) is 4.93. The zero-order chi connectivity index (χ0) is 24.9. The Labute approximate surface area is 194 Å². The molecular weight excluding hydrogens is 461 g/mol. The maximum atomic E-state index is 13.8. The molecule has 0 spiro atoms. The van der Waals surface area contributed by atoms with Gasteiger partial charge in [0.2, 0.25) is 11.7 Å². The first-order valence-corrected chi connectivity index (χ1v) is 11.2. The van der Waals surface area contributed by atoms with Crippen LogP contribution in [0.2, 0.25) is 0 Å². The number of alkyl halides is 5. The van der Waals surface area contributed by atoms with Crippen LogP contribution in [0.1, 0.15) is 69.4 Å². The molecule has 1 aromatic carbocycles. The van der Waals surface area contributed by atoms with Gasteiger partial charge in [-0.2, -0.15) is 18.2 Å². The van der Waals surface area contributed by atoms with E-state index in [1.54, 1.807) is 0 Å². The van der Waals surface area contributed by atoms with Crippen molar-refractivity contribution in [1.82, 2.24) is 15.0 Å². The Kier molecular flexibility index (Phi) is 7.98. The van der Waals surface area contributed by atoms with Gasteiger partial charge in [-0.1, -0.05) is 44.2 Å². The highest BCUT2D eigenvalue weighted by atomic mass is 19.4. The number of hydrogen-bond acceptors (Lipinski definition) is 5. The van der Waals surface area contributed by atoms with E-state index in [4.69, 9.17) is 20.4 Å². The number of nitrogens with zero attached hydrogens (tertiary/aromatic N) is 3. The van der Waals surface area contributed by atoms with Crippen LogP contribution >= 0.6 is 0 Å². The van der Waals surface area contributed by atoms with Crippen molar-refractivity contribution in [2.24, 2.45) is 5.73 Å². The number of rotatable bonds is 10. The van der Waals surface area contributed by atoms with Gasteiger partial charge < -0.3 is 19.9 Å². The molecule has 0 amide bonds. The molecule has 0 unspecified atom stereocenters. The minimum atomic E-state index is -4.68. The fourth-order valence-corrected chi connectivity index (χ4v) is 3.86. The Bertz CT molecular complexity index is 979. The van der Waals surface area contributed by atoms with E-state index in [2.05, 4.69) is 17.1 Å². The van der Waals surface area contributed by atoms with Crippen LogP contribution in [-0.2, 0) is 6.18 Å². The topological polar surface area (TPSA) is 101 Å². The second-order valence-electron chi connectivity index (χ2n) is 8.37. The number of unbranched alkanes of at least 4 members (excludes halogenated alkanes) is 5. The maximum Gasteiger partial charge on any atom is 0.419 e. The summed E-state index contributed by atoms with van der Waals surface area (Å²) in [6.07, 6.45) is 0.490. The molecule has 1 fully saturated rings. The summed E-state index contributed by atoms with van der Waals surface area (Å²) in [7, 11) is 0. The zero-order valence-electron chi connectivity index (χ0n) is 18.8. The van der Waals surface area contributed by atoms with Gasteiger partial charge in [0.1, 0.15) is 11.8 Å². The monoisotopic (exact) mass is 489 g/mol. The highest BCUT2D eigenvalue weighted by Gasteiger charge is 2.48. The fraction of sp³-hybridized carbons (Fsp3) is 0.591. The molecule has 1 atom stereocenters. The van der Waals surface area contributed by atoms with Crippen LogP contribution in [0.3, 0.4) is 0 Å². The van der Waals surface area contributed by atoms with E-state index in [9.17, 15) is 22.0 Å². The maximum absolute atomic E-state index is 13.8. The molecule has 1 aliphatic heterocycles. The molecule has 0 saturated carbocycles. The van der Waals surface area contributed by atoms with Gasteiger partial charge in [0.25, 0.3) is 5.92 Å². The van der Waals surface area contributed by atoms with Crippen LogP contribution in [0.4, 0.5) is 22.0 Å². The van der Waals surface area contributed by atoms with Crippen molar-refractivity contribution in [3.8, 4) is 17.1 Å². The van der Waals surface area contributed by atoms with E-state index in [-0.39, 0.29) is 29.6 Å². The molecule has 0 bridgehead atoms. The molecule has 0 aliphatic carbocycles. The number of benzene rings is 1. The van der Waals surface area contributed by atoms with Crippen LogP contribution < -0.4 is 10.5 Å².